The second-order valence-corrected chi connectivity index (χ2v) is 3.05. The number of pyridine rings is 1. The Bertz CT molecular complexity index is 264. The normalized spacial score (nSPS) is 14.2. The van der Waals surface area contributed by atoms with E-state index in [-0.39, 0.29) is 0 Å². The molecule has 1 heterocycles. The Labute approximate surface area is 65.0 Å². The van der Waals surface area contributed by atoms with Gasteiger partial charge in [-0.05, 0) is 37.0 Å². The van der Waals surface area contributed by atoms with Crippen LogP contribution >= 0.6 is 11.6 Å². The molecule has 1 nitrogen and oxygen atoms in total. The summed E-state index contributed by atoms with van der Waals surface area (Å²) in [7, 11) is 0. The summed E-state index contributed by atoms with van der Waals surface area (Å²) in [6, 6.07) is 2.12. The van der Waals surface area contributed by atoms with Crippen molar-refractivity contribution in [3.63, 3.8) is 0 Å². The van der Waals surface area contributed by atoms with Gasteiger partial charge < -0.3 is 0 Å². The fourth-order valence-corrected chi connectivity index (χ4v) is 1.65. The van der Waals surface area contributed by atoms with E-state index in [0.717, 1.165) is 12.1 Å². The molecule has 0 atom stereocenters. The predicted octanol–water partition coefficient (Wildman–Crippen LogP) is 2.14. The van der Waals surface area contributed by atoms with Gasteiger partial charge >= 0.3 is 0 Å². The van der Waals surface area contributed by atoms with Crippen molar-refractivity contribution in [2.24, 2.45) is 0 Å². The summed E-state index contributed by atoms with van der Waals surface area (Å²) in [6.07, 6.45) is 2.29. The van der Waals surface area contributed by atoms with Crippen LogP contribution in [0.5, 0.6) is 0 Å². The molecule has 0 fully saturated rings. The van der Waals surface area contributed by atoms with Gasteiger partial charge in [-0.3, -0.25) is 0 Å². The highest BCUT2D eigenvalue weighted by Gasteiger charge is 2.17. The molecule has 0 aromatic carbocycles. The Morgan fingerprint density at radius 3 is 2.80 bits per heavy atom. The van der Waals surface area contributed by atoms with Gasteiger partial charge in [0.05, 0.1) is 0 Å². The molecule has 0 saturated carbocycles. The van der Waals surface area contributed by atoms with E-state index in [1.54, 1.807) is 0 Å². The largest absolute Gasteiger partial charge is 0.241 e. The SMILES string of the molecule is Cc1cc2c(c(Cl)n1)CC2. The van der Waals surface area contributed by atoms with Crippen LogP contribution in [0.1, 0.15) is 16.8 Å². The van der Waals surface area contributed by atoms with Gasteiger partial charge in [-0.25, -0.2) is 4.98 Å². The van der Waals surface area contributed by atoms with Crippen molar-refractivity contribution in [3.05, 3.63) is 28.0 Å². The minimum atomic E-state index is 0.709. The second kappa shape index (κ2) is 1.96. The Morgan fingerprint density at radius 1 is 1.50 bits per heavy atom. The molecule has 1 aliphatic rings. The van der Waals surface area contributed by atoms with Crippen molar-refractivity contribution in [2.45, 2.75) is 19.8 Å². The summed E-state index contributed by atoms with van der Waals surface area (Å²) in [5.41, 5.74) is 3.67. The summed E-state index contributed by atoms with van der Waals surface area (Å²) in [4.78, 5) is 4.15. The molecule has 1 aromatic heterocycles. The molecule has 0 saturated heterocycles. The third-order valence-electron chi connectivity index (χ3n) is 1.94. The predicted molar refractivity (Wildman–Crippen MR) is 41.4 cm³/mol. The Kier molecular flexibility index (Phi) is 1.21. The Balaban J connectivity index is 2.63. The number of hydrogen-bond donors (Lipinski definition) is 0. The Morgan fingerprint density at radius 2 is 2.30 bits per heavy atom. The van der Waals surface area contributed by atoms with Gasteiger partial charge in [0.25, 0.3) is 0 Å². The van der Waals surface area contributed by atoms with E-state index < -0.39 is 0 Å². The number of fused-ring (bicyclic) bond motifs is 1. The number of rotatable bonds is 0. The maximum Gasteiger partial charge on any atom is 0.132 e. The van der Waals surface area contributed by atoms with Gasteiger partial charge in [0.1, 0.15) is 5.15 Å². The van der Waals surface area contributed by atoms with Crippen LogP contribution in [0.3, 0.4) is 0 Å². The first-order valence-electron chi connectivity index (χ1n) is 3.42. The first-order chi connectivity index (χ1) is 4.77. The van der Waals surface area contributed by atoms with Crippen LogP contribution in [0, 0.1) is 6.92 Å². The first kappa shape index (κ1) is 6.17. The first-order valence-corrected chi connectivity index (χ1v) is 3.80. The maximum absolute atomic E-state index is 5.86. The van der Waals surface area contributed by atoms with Crippen molar-refractivity contribution < 1.29 is 0 Å². The summed E-state index contributed by atoms with van der Waals surface area (Å²) in [6.45, 7) is 1.98. The number of aromatic nitrogens is 1. The summed E-state index contributed by atoms with van der Waals surface area (Å²) >= 11 is 5.86. The topological polar surface area (TPSA) is 12.9 Å². The summed E-state index contributed by atoms with van der Waals surface area (Å²) in [5.74, 6) is 0. The zero-order valence-electron chi connectivity index (χ0n) is 5.82. The Hall–Kier alpha value is -0.560. The van der Waals surface area contributed by atoms with Gasteiger partial charge in [-0.15, -0.1) is 0 Å². The lowest BCUT2D eigenvalue weighted by atomic mass is 9.90. The monoisotopic (exact) mass is 153 g/mol. The van der Waals surface area contributed by atoms with Gasteiger partial charge in [-0.2, -0.15) is 0 Å². The lowest BCUT2D eigenvalue weighted by molar-refractivity contribution is 0.821. The molecule has 0 spiro atoms. The van der Waals surface area contributed by atoms with Crippen LogP contribution in [-0.4, -0.2) is 4.98 Å². The van der Waals surface area contributed by atoms with Crippen molar-refractivity contribution in [2.75, 3.05) is 0 Å². The molecule has 0 unspecified atom stereocenters. The van der Waals surface area contributed by atoms with Crippen molar-refractivity contribution in [3.8, 4) is 0 Å². The average molecular weight is 154 g/mol. The molecule has 0 radical (unpaired) electrons. The van der Waals surface area contributed by atoms with Gasteiger partial charge in [0.2, 0.25) is 0 Å². The number of aryl methyl sites for hydroxylation is 2. The zero-order valence-corrected chi connectivity index (χ0v) is 6.57. The summed E-state index contributed by atoms with van der Waals surface area (Å²) in [5, 5.41) is 0.709. The molecule has 0 amide bonds. The highest BCUT2D eigenvalue weighted by atomic mass is 35.5. The van der Waals surface area contributed by atoms with E-state index in [1.807, 2.05) is 6.92 Å². The van der Waals surface area contributed by atoms with E-state index in [4.69, 9.17) is 11.6 Å². The zero-order chi connectivity index (χ0) is 7.14. The number of nitrogens with zero attached hydrogens (tertiary/aromatic N) is 1. The molecule has 2 heteroatoms. The van der Waals surface area contributed by atoms with Crippen LogP contribution in [-0.2, 0) is 12.8 Å². The maximum atomic E-state index is 5.86. The van der Waals surface area contributed by atoms with E-state index >= 15 is 0 Å². The number of hydrogen-bond acceptors (Lipinski definition) is 1. The molecular weight excluding hydrogens is 146 g/mol. The van der Waals surface area contributed by atoms with E-state index in [9.17, 15) is 0 Å². The van der Waals surface area contributed by atoms with Crippen LogP contribution in [0.25, 0.3) is 0 Å². The van der Waals surface area contributed by atoms with Crippen molar-refractivity contribution in [1.29, 1.82) is 0 Å². The lowest BCUT2D eigenvalue weighted by Gasteiger charge is -2.19. The van der Waals surface area contributed by atoms with Crippen molar-refractivity contribution in [1.82, 2.24) is 4.98 Å². The van der Waals surface area contributed by atoms with Crippen molar-refractivity contribution >= 4 is 11.6 Å². The second-order valence-electron chi connectivity index (χ2n) is 2.69. The van der Waals surface area contributed by atoms with E-state index in [0.29, 0.717) is 5.15 Å². The number of halogens is 1. The standard InChI is InChI=1S/C8H8ClN/c1-5-4-6-2-3-7(6)8(9)10-5/h4H,2-3H2,1H3. The molecular formula is C8H8ClN. The molecule has 52 valence electrons. The molecule has 0 bridgehead atoms. The van der Waals surface area contributed by atoms with Crippen LogP contribution in [0.4, 0.5) is 0 Å². The van der Waals surface area contributed by atoms with Gasteiger partial charge in [-0.1, -0.05) is 11.6 Å². The average Bonchev–Trinajstić information content (AvgIpc) is 1.77. The quantitative estimate of drug-likeness (QED) is 0.521. The van der Waals surface area contributed by atoms with Gasteiger partial charge in [0, 0.05) is 5.69 Å². The molecule has 2 rings (SSSR count). The highest BCUT2D eigenvalue weighted by molar-refractivity contribution is 6.30. The van der Waals surface area contributed by atoms with Gasteiger partial charge in [0.15, 0.2) is 0 Å². The fourth-order valence-electron chi connectivity index (χ4n) is 1.30. The third kappa shape index (κ3) is 0.739. The molecule has 0 aliphatic heterocycles. The van der Waals surface area contributed by atoms with Crippen LogP contribution in [0.2, 0.25) is 5.15 Å². The molecule has 1 aliphatic carbocycles. The molecule has 10 heavy (non-hydrogen) atoms. The highest BCUT2D eigenvalue weighted by Crippen LogP contribution is 2.28. The van der Waals surface area contributed by atoms with Crippen LogP contribution < -0.4 is 0 Å². The molecule has 0 N–H and O–H groups in total. The van der Waals surface area contributed by atoms with E-state index in [1.165, 1.54) is 17.5 Å². The lowest BCUT2D eigenvalue weighted by Crippen LogP contribution is -2.10. The minimum absolute atomic E-state index is 0.709. The third-order valence-corrected chi connectivity index (χ3v) is 2.25. The summed E-state index contributed by atoms with van der Waals surface area (Å²) < 4.78 is 0. The minimum Gasteiger partial charge on any atom is -0.241 e. The molecule has 1 aromatic rings. The van der Waals surface area contributed by atoms with E-state index in [2.05, 4.69) is 11.1 Å². The smallest absolute Gasteiger partial charge is 0.132 e. The van der Waals surface area contributed by atoms with Crippen LogP contribution in [0.15, 0.2) is 6.07 Å². The fraction of sp³-hybridized carbons (Fsp3) is 0.375.